The Balaban J connectivity index is 2.73. The van der Waals surface area contributed by atoms with Crippen molar-refractivity contribution in [2.24, 2.45) is 4.99 Å². The molecule has 0 amide bonds. The lowest BCUT2D eigenvalue weighted by atomic mass is 10.2. The summed E-state index contributed by atoms with van der Waals surface area (Å²) in [6.45, 7) is 10.9. The van der Waals surface area contributed by atoms with Crippen LogP contribution in [0, 0.1) is 0 Å². The summed E-state index contributed by atoms with van der Waals surface area (Å²) in [6.07, 6.45) is 3.87. The first kappa shape index (κ1) is 15.4. The largest absolute Gasteiger partial charge is 0.335 e. The first-order valence-electron chi connectivity index (χ1n) is 7.36. The van der Waals surface area contributed by atoms with E-state index in [0.29, 0.717) is 6.29 Å². The Morgan fingerprint density at radius 3 is 2.44 bits per heavy atom. The molecule has 0 bridgehead atoms. The minimum atomic E-state index is 0.370. The standard InChI is InChI=1S/C14H30N4/c1-6-9-11-15-13-10-12-16(4)14(17(13)5)18(7-2)8-3/h14H,6-12H2,1-5H3. The van der Waals surface area contributed by atoms with Gasteiger partial charge in [0.25, 0.3) is 0 Å². The zero-order chi connectivity index (χ0) is 13.5. The number of rotatable bonds is 6. The van der Waals surface area contributed by atoms with Crippen LogP contribution in [0.1, 0.15) is 40.0 Å². The maximum Gasteiger partial charge on any atom is 0.140 e. The molecule has 0 spiro atoms. The number of nitrogens with zero attached hydrogens (tertiary/aromatic N) is 4. The summed E-state index contributed by atoms with van der Waals surface area (Å²) in [6, 6.07) is 0. The average molecular weight is 254 g/mol. The molecule has 1 fully saturated rings. The van der Waals surface area contributed by atoms with Crippen molar-refractivity contribution in [1.29, 1.82) is 0 Å². The summed E-state index contributed by atoms with van der Waals surface area (Å²) < 4.78 is 0. The summed E-state index contributed by atoms with van der Waals surface area (Å²) in [5.41, 5.74) is 0. The number of hydrogen-bond donors (Lipinski definition) is 0. The van der Waals surface area contributed by atoms with Crippen LogP contribution in [0.5, 0.6) is 0 Å². The third kappa shape index (κ3) is 3.69. The summed E-state index contributed by atoms with van der Waals surface area (Å²) in [5, 5.41) is 0. The highest BCUT2D eigenvalue weighted by Gasteiger charge is 2.30. The molecule has 1 aliphatic heterocycles. The molecule has 18 heavy (non-hydrogen) atoms. The molecule has 0 aromatic heterocycles. The Bertz CT molecular complexity index is 261. The van der Waals surface area contributed by atoms with Gasteiger partial charge in [0.15, 0.2) is 0 Å². The summed E-state index contributed by atoms with van der Waals surface area (Å²) in [7, 11) is 4.39. The van der Waals surface area contributed by atoms with Gasteiger partial charge >= 0.3 is 0 Å². The first-order valence-corrected chi connectivity index (χ1v) is 7.36. The Morgan fingerprint density at radius 1 is 1.22 bits per heavy atom. The van der Waals surface area contributed by atoms with E-state index in [2.05, 4.69) is 49.6 Å². The molecular formula is C14H30N4. The normalized spacial score (nSPS) is 24.2. The van der Waals surface area contributed by atoms with Crippen molar-refractivity contribution < 1.29 is 0 Å². The van der Waals surface area contributed by atoms with E-state index < -0.39 is 0 Å². The molecular weight excluding hydrogens is 224 g/mol. The number of aliphatic imine (C=N–C) groups is 1. The van der Waals surface area contributed by atoms with E-state index in [4.69, 9.17) is 4.99 Å². The van der Waals surface area contributed by atoms with Crippen molar-refractivity contribution in [1.82, 2.24) is 14.7 Å². The highest BCUT2D eigenvalue weighted by molar-refractivity contribution is 5.83. The number of hydrogen-bond acceptors (Lipinski definition) is 3. The van der Waals surface area contributed by atoms with Gasteiger partial charge in [0.1, 0.15) is 12.1 Å². The van der Waals surface area contributed by atoms with Gasteiger partial charge in [-0.15, -0.1) is 0 Å². The second-order valence-electron chi connectivity index (χ2n) is 5.06. The SMILES string of the molecule is CCCCN=C1CCN(C)C(N(CC)CC)N1C. The molecule has 106 valence electrons. The van der Waals surface area contributed by atoms with Crippen molar-refractivity contribution in [3.8, 4) is 0 Å². The molecule has 4 heteroatoms. The average Bonchev–Trinajstić information content (AvgIpc) is 2.37. The monoisotopic (exact) mass is 254 g/mol. The van der Waals surface area contributed by atoms with Gasteiger partial charge in [-0.05, 0) is 26.6 Å². The number of unbranched alkanes of at least 4 members (excludes halogenated alkanes) is 1. The Hall–Kier alpha value is -0.610. The zero-order valence-electron chi connectivity index (χ0n) is 12.8. The Kier molecular flexibility index (Phi) is 6.65. The minimum absolute atomic E-state index is 0.370. The molecule has 0 aromatic rings. The van der Waals surface area contributed by atoms with E-state index in [1.54, 1.807) is 0 Å². The van der Waals surface area contributed by atoms with Gasteiger partial charge in [-0.1, -0.05) is 27.2 Å². The van der Waals surface area contributed by atoms with E-state index in [1.807, 2.05) is 0 Å². The third-order valence-electron chi connectivity index (χ3n) is 3.78. The maximum absolute atomic E-state index is 4.78. The molecule has 0 saturated carbocycles. The third-order valence-corrected chi connectivity index (χ3v) is 3.78. The molecule has 0 aliphatic carbocycles. The Morgan fingerprint density at radius 2 is 1.89 bits per heavy atom. The fourth-order valence-electron chi connectivity index (χ4n) is 2.63. The van der Waals surface area contributed by atoms with Gasteiger partial charge in [0.05, 0.1) is 0 Å². The van der Waals surface area contributed by atoms with Crippen LogP contribution < -0.4 is 0 Å². The van der Waals surface area contributed by atoms with Crippen molar-refractivity contribution in [3.63, 3.8) is 0 Å². The lowest BCUT2D eigenvalue weighted by Crippen LogP contribution is -2.61. The van der Waals surface area contributed by atoms with Gasteiger partial charge in [-0.25, -0.2) is 0 Å². The van der Waals surface area contributed by atoms with Crippen molar-refractivity contribution >= 4 is 5.84 Å². The lowest BCUT2D eigenvalue weighted by Gasteiger charge is -2.47. The van der Waals surface area contributed by atoms with E-state index in [9.17, 15) is 0 Å². The van der Waals surface area contributed by atoms with Gasteiger partial charge in [-0.3, -0.25) is 14.8 Å². The van der Waals surface area contributed by atoms with Crippen LogP contribution in [-0.4, -0.2) is 67.1 Å². The van der Waals surface area contributed by atoms with E-state index in [0.717, 1.165) is 32.6 Å². The molecule has 4 nitrogen and oxygen atoms in total. The predicted octanol–water partition coefficient (Wildman–Crippen LogP) is 2.08. The highest BCUT2D eigenvalue weighted by atomic mass is 15.5. The first-order chi connectivity index (χ1) is 8.65. The van der Waals surface area contributed by atoms with Crippen LogP contribution in [0.3, 0.4) is 0 Å². The van der Waals surface area contributed by atoms with Gasteiger partial charge in [0, 0.05) is 26.6 Å². The van der Waals surface area contributed by atoms with Crippen LogP contribution in [0.25, 0.3) is 0 Å². The van der Waals surface area contributed by atoms with Crippen LogP contribution >= 0.6 is 0 Å². The second kappa shape index (κ2) is 7.74. The van der Waals surface area contributed by atoms with Crippen molar-refractivity contribution in [2.45, 2.75) is 46.3 Å². The number of amidine groups is 1. The van der Waals surface area contributed by atoms with Crippen molar-refractivity contribution in [3.05, 3.63) is 0 Å². The molecule has 0 aromatic carbocycles. The molecule has 1 unspecified atom stereocenters. The molecule has 0 N–H and O–H groups in total. The molecule has 0 radical (unpaired) electrons. The Labute approximate surface area is 113 Å². The van der Waals surface area contributed by atoms with Crippen LogP contribution in [0.4, 0.5) is 0 Å². The summed E-state index contributed by atoms with van der Waals surface area (Å²) in [5.74, 6) is 1.28. The maximum atomic E-state index is 4.78. The molecule has 1 atom stereocenters. The van der Waals surface area contributed by atoms with Gasteiger partial charge in [0.2, 0.25) is 0 Å². The zero-order valence-corrected chi connectivity index (χ0v) is 12.8. The van der Waals surface area contributed by atoms with E-state index in [-0.39, 0.29) is 0 Å². The van der Waals surface area contributed by atoms with Crippen molar-refractivity contribution in [2.75, 3.05) is 40.3 Å². The van der Waals surface area contributed by atoms with Crippen LogP contribution in [-0.2, 0) is 0 Å². The van der Waals surface area contributed by atoms with E-state index in [1.165, 1.54) is 18.7 Å². The highest BCUT2D eigenvalue weighted by Crippen LogP contribution is 2.16. The fourth-order valence-corrected chi connectivity index (χ4v) is 2.63. The molecule has 1 rings (SSSR count). The topological polar surface area (TPSA) is 22.1 Å². The molecule has 1 heterocycles. The summed E-state index contributed by atoms with van der Waals surface area (Å²) in [4.78, 5) is 12.0. The predicted molar refractivity (Wildman–Crippen MR) is 78.9 cm³/mol. The van der Waals surface area contributed by atoms with E-state index >= 15 is 0 Å². The molecule has 1 saturated heterocycles. The molecule has 1 aliphatic rings. The smallest absolute Gasteiger partial charge is 0.140 e. The second-order valence-corrected chi connectivity index (χ2v) is 5.06. The van der Waals surface area contributed by atoms with Gasteiger partial charge < -0.3 is 4.90 Å². The fraction of sp³-hybridized carbons (Fsp3) is 0.929. The van der Waals surface area contributed by atoms with Crippen LogP contribution in [0.2, 0.25) is 0 Å². The lowest BCUT2D eigenvalue weighted by molar-refractivity contribution is -0.0218. The van der Waals surface area contributed by atoms with Crippen LogP contribution in [0.15, 0.2) is 4.99 Å². The summed E-state index contributed by atoms with van der Waals surface area (Å²) >= 11 is 0. The quantitative estimate of drug-likeness (QED) is 0.678. The minimum Gasteiger partial charge on any atom is -0.335 e. The van der Waals surface area contributed by atoms with Gasteiger partial charge in [-0.2, -0.15) is 0 Å².